The second-order valence-electron chi connectivity index (χ2n) is 4.64. The normalized spacial score (nSPS) is 19.3. The summed E-state index contributed by atoms with van der Waals surface area (Å²) < 4.78 is 10.7. The van der Waals surface area contributed by atoms with Crippen LogP contribution in [0.4, 0.5) is 4.79 Å². The summed E-state index contributed by atoms with van der Waals surface area (Å²) in [5.41, 5.74) is 0. The highest BCUT2D eigenvalue weighted by Gasteiger charge is 2.19. The van der Waals surface area contributed by atoms with Crippen LogP contribution in [0, 0.1) is 5.92 Å². The van der Waals surface area contributed by atoms with Crippen LogP contribution in [0.2, 0.25) is 0 Å². The van der Waals surface area contributed by atoms with Gasteiger partial charge in [-0.2, -0.15) is 0 Å². The lowest BCUT2D eigenvalue weighted by Gasteiger charge is -2.26. The molecule has 98 valence electrons. The van der Waals surface area contributed by atoms with E-state index < -0.39 is 0 Å². The van der Waals surface area contributed by atoms with E-state index in [0.29, 0.717) is 18.2 Å². The molecule has 0 radical (unpaired) electrons. The van der Waals surface area contributed by atoms with Crippen LogP contribution in [-0.4, -0.2) is 37.8 Å². The molecule has 1 heterocycles. The summed E-state index contributed by atoms with van der Waals surface area (Å²) in [4.78, 5) is 13.5. The van der Waals surface area contributed by atoms with Crippen molar-refractivity contribution in [1.82, 2.24) is 4.90 Å². The third-order valence-corrected chi connectivity index (χ3v) is 3.05. The fourth-order valence-corrected chi connectivity index (χ4v) is 2.08. The molecule has 0 aliphatic carbocycles. The third kappa shape index (κ3) is 3.74. The van der Waals surface area contributed by atoms with Crippen LogP contribution in [0.5, 0.6) is 5.75 Å². The van der Waals surface area contributed by atoms with Crippen LogP contribution in [0.25, 0.3) is 0 Å². The van der Waals surface area contributed by atoms with Crippen molar-refractivity contribution in [3.8, 4) is 5.75 Å². The van der Waals surface area contributed by atoms with E-state index in [2.05, 4.69) is 0 Å². The van der Waals surface area contributed by atoms with Gasteiger partial charge >= 0.3 is 6.09 Å². The van der Waals surface area contributed by atoms with Gasteiger partial charge in [-0.1, -0.05) is 18.2 Å². The maximum atomic E-state index is 11.8. The molecule has 1 amide bonds. The van der Waals surface area contributed by atoms with Crippen LogP contribution in [0.1, 0.15) is 12.8 Å². The topological polar surface area (TPSA) is 38.8 Å². The molecule has 1 atom stereocenters. The van der Waals surface area contributed by atoms with Gasteiger partial charge in [-0.05, 0) is 25.0 Å². The summed E-state index contributed by atoms with van der Waals surface area (Å²) >= 11 is 0. The van der Waals surface area contributed by atoms with Gasteiger partial charge in [0.05, 0.1) is 6.61 Å². The summed E-state index contributed by atoms with van der Waals surface area (Å²) in [7, 11) is 1.76. The van der Waals surface area contributed by atoms with E-state index in [1.165, 1.54) is 0 Å². The number of hydrogen-bond donors (Lipinski definition) is 0. The van der Waals surface area contributed by atoms with Crippen molar-refractivity contribution in [2.45, 2.75) is 12.8 Å². The Morgan fingerprint density at radius 2 is 2.22 bits per heavy atom. The van der Waals surface area contributed by atoms with E-state index in [1.807, 2.05) is 18.2 Å². The molecule has 4 heteroatoms. The van der Waals surface area contributed by atoms with Crippen molar-refractivity contribution in [2.24, 2.45) is 5.92 Å². The molecule has 18 heavy (non-hydrogen) atoms. The number of ether oxygens (including phenoxy) is 2. The standard InChI is InChI=1S/C14H19NO3/c1-15(10-12-6-5-9-17-11-12)14(16)18-13-7-3-2-4-8-13/h2-4,7-8,12H,5-6,9-11H2,1H3. The number of nitrogens with zero attached hydrogens (tertiary/aromatic N) is 1. The summed E-state index contributed by atoms with van der Waals surface area (Å²) in [6, 6.07) is 9.13. The number of benzene rings is 1. The summed E-state index contributed by atoms with van der Waals surface area (Å²) in [5, 5.41) is 0. The Kier molecular flexibility index (Phi) is 4.59. The van der Waals surface area contributed by atoms with E-state index in [1.54, 1.807) is 24.1 Å². The molecule has 1 aromatic carbocycles. The summed E-state index contributed by atoms with van der Waals surface area (Å²) in [5.74, 6) is 1.00. The van der Waals surface area contributed by atoms with Crippen molar-refractivity contribution >= 4 is 6.09 Å². The maximum Gasteiger partial charge on any atom is 0.414 e. The smallest absolute Gasteiger partial charge is 0.410 e. The van der Waals surface area contributed by atoms with Gasteiger partial charge in [0.1, 0.15) is 5.75 Å². The monoisotopic (exact) mass is 249 g/mol. The number of carbonyl (C=O) groups excluding carboxylic acids is 1. The number of amides is 1. The first-order valence-electron chi connectivity index (χ1n) is 6.31. The molecule has 1 aromatic rings. The molecular formula is C14H19NO3. The summed E-state index contributed by atoms with van der Waals surface area (Å²) in [6.07, 6.45) is 1.88. The average Bonchev–Trinajstić information content (AvgIpc) is 2.41. The zero-order chi connectivity index (χ0) is 12.8. The summed E-state index contributed by atoms with van der Waals surface area (Å²) in [6.45, 7) is 2.27. The van der Waals surface area contributed by atoms with Gasteiger partial charge in [-0.25, -0.2) is 4.79 Å². The number of rotatable bonds is 3. The third-order valence-electron chi connectivity index (χ3n) is 3.05. The zero-order valence-corrected chi connectivity index (χ0v) is 10.7. The molecular weight excluding hydrogens is 230 g/mol. The van der Waals surface area contributed by atoms with E-state index in [0.717, 1.165) is 26.1 Å². The Labute approximate surface area is 107 Å². The second-order valence-corrected chi connectivity index (χ2v) is 4.64. The van der Waals surface area contributed by atoms with Gasteiger partial charge in [0.2, 0.25) is 0 Å². The fourth-order valence-electron chi connectivity index (χ4n) is 2.08. The molecule has 1 aliphatic heterocycles. The van der Waals surface area contributed by atoms with Gasteiger partial charge < -0.3 is 14.4 Å². The maximum absolute atomic E-state index is 11.8. The van der Waals surface area contributed by atoms with Crippen molar-refractivity contribution in [3.05, 3.63) is 30.3 Å². The van der Waals surface area contributed by atoms with Gasteiger partial charge in [-0.15, -0.1) is 0 Å². The Balaban J connectivity index is 1.81. The highest BCUT2D eigenvalue weighted by atomic mass is 16.6. The van der Waals surface area contributed by atoms with E-state index >= 15 is 0 Å². The largest absolute Gasteiger partial charge is 0.414 e. The SMILES string of the molecule is CN(CC1CCCOC1)C(=O)Oc1ccccc1. The van der Waals surface area contributed by atoms with E-state index in [9.17, 15) is 4.79 Å². The lowest BCUT2D eigenvalue weighted by Crippen LogP contribution is -2.36. The molecule has 0 spiro atoms. The lowest BCUT2D eigenvalue weighted by atomic mass is 10.0. The first-order chi connectivity index (χ1) is 8.75. The van der Waals surface area contributed by atoms with Crippen LogP contribution in [0.15, 0.2) is 30.3 Å². The van der Waals surface area contributed by atoms with Crippen LogP contribution in [0.3, 0.4) is 0 Å². The second kappa shape index (κ2) is 6.40. The molecule has 1 fully saturated rings. The molecule has 2 rings (SSSR count). The Hall–Kier alpha value is -1.55. The minimum atomic E-state index is -0.313. The average molecular weight is 249 g/mol. The van der Waals surface area contributed by atoms with Crippen LogP contribution >= 0.6 is 0 Å². The zero-order valence-electron chi connectivity index (χ0n) is 10.7. The van der Waals surface area contributed by atoms with Gasteiger partial charge in [0.25, 0.3) is 0 Å². The van der Waals surface area contributed by atoms with Crippen molar-refractivity contribution in [3.63, 3.8) is 0 Å². The Morgan fingerprint density at radius 1 is 1.44 bits per heavy atom. The molecule has 0 saturated carbocycles. The number of carbonyl (C=O) groups is 1. The number of hydrogen-bond acceptors (Lipinski definition) is 3. The Bertz CT molecular complexity index is 374. The predicted molar refractivity (Wildman–Crippen MR) is 68.6 cm³/mol. The molecule has 0 N–H and O–H groups in total. The van der Waals surface area contributed by atoms with E-state index in [4.69, 9.17) is 9.47 Å². The molecule has 1 aliphatic rings. The molecule has 0 bridgehead atoms. The van der Waals surface area contributed by atoms with Crippen molar-refractivity contribution < 1.29 is 14.3 Å². The predicted octanol–water partition coefficient (Wildman–Crippen LogP) is 2.54. The van der Waals surface area contributed by atoms with Crippen molar-refractivity contribution in [2.75, 3.05) is 26.8 Å². The molecule has 4 nitrogen and oxygen atoms in total. The highest BCUT2D eigenvalue weighted by Crippen LogP contribution is 2.15. The van der Waals surface area contributed by atoms with Gasteiger partial charge in [-0.3, -0.25) is 0 Å². The van der Waals surface area contributed by atoms with Crippen LogP contribution < -0.4 is 4.74 Å². The highest BCUT2D eigenvalue weighted by molar-refractivity contribution is 5.70. The first kappa shape index (κ1) is 12.9. The van der Waals surface area contributed by atoms with Crippen LogP contribution in [-0.2, 0) is 4.74 Å². The fraction of sp³-hybridized carbons (Fsp3) is 0.500. The van der Waals surface area contributed by atoms with Crippen molar-refractivity contribution in [1.29, 1.82) is 0 Å². The quantitative estimate of drug-likeness (QED) is 0.826. The molecule has 1 unspecified atom stereocenters. The molecule has 1 saturated heterocycles. The minimum absolute atomic E-state index is 0.313. The number of para-hydroxylation sites is 1. The first-order valence-corrected chi connectivity index (χ1v) is 6.31. The molecule has 0 aromatic heterocycles. The Morgan fingerprint density at radius 3 is 2.89 bits per heavy atom. The minimum Gasteiger partial charge on any atom is -0.410 e. The lowest BCUT2D eigenvalue weighted by molar-refractivity contribution is 0.0430. The van der Waals surface area contributed by atoms with Gasteiger partial charge in [0, 0.05) is 26.1 Å². The van der Waals surface area contributed by atoms with E-state index in [-0.39, 0.29) is 6.09 Å². The van der Waals surface area contributed by atoms with Gasteiger partial charge in [0.15, 0.2) is 0 Å².